The third-order valence-electron chi connectivity index (χ3n) is 5.67. The summed E-state index contributed by atoms with van der Waals surface area (Å²) in [7, 11) is 0. The van der Waals surface area contributed by atoms with Gasteiger partial charge in [0.15, 0.2) is 12.4 Å². The zero-order valence-corrected chi connectivity index (χ0v) is 17.6. The molecule has 32 heavy (non-hydrogen) atoms. The Hall–Kier alpha value is -3.30. The standard InChI is InChI=1S/C22H21F3N4O3/c1-12-17(13(2)29-21(26-12)27-20(28-29)22(23,24)25)8-9-19(31)32-11-18(30)16-7-6-14-4-3-5-15(14)10-16/h6-7,10H,3-5,8-9,11H2,1-2H3. The summed E-state index contributed by atoms with van der Waals surface area (Å²) in [6.07, 6.45) is -1.49. The number of benzene rings is 1. The van der Waals surface area contributed by atoms with Crippen molar-refractivity contribution in [3.8, 4) is 0 Å². The highest BCUT2D eigenvalue weighted by Crippen LogP contribution is 2.27. The van der Waals surface area contributed by atoms with Crippen LogP contribution in [0.1, 0.15) is 57.1 Å². The van der Waals surface area contributed by atoms with Crippen molar-refractivity contribution in [1.82, 2.24) is 19.6 Å². The van der Waals surface area contributed by atoms with Crippen LogP contribution in [0.15, 0.2) is 18.2 Å². The number of ether oxygens (including phenoxy) is 1. The fraction of sp³-hybridized carbons (Fsp3) is 0.409. The maximum atomic E-state index is 12.9. The van der Waals surface area contributed by atoms with E-state index in [2.05, 4.69) is 15.1 Å². The Morgan fingerprint density at radius 2 is 1.88 bits per heavy atom. The number of Topliss-reactive ketones (excluding diaryl/α,β-unsaturated/α-hetero) is 1. The highest BCUT2D eigenvalue weighted by Gasteiger charge is 2.37. The van der Waals surface area contributed by atoms with Crippen molar-refractivity contribution in [3.63, 3.8) is 0 Å². The van der Waals surface area contributed by atoms with E-state index in [1.54, 1.807) is 19.9 Å². The van der Waals surface area contributed by atoms with Gasteiger partial charge in [0.1, 0.15) is 0 Å². The summed E-state index contributed by atoms with van der Waals surface area (Å²) < 4.78 is 44.8. The lowest BCUT2D eigenvalue weighted by atomic mass is 10.0. The van der Waals surface area contributed by atoms with E-state index in [-0.39, 0.29) is 31.0 Å². The first-order chi connectivity index (χ1) is 15.1. The fourth-order valence-electron chi connectivity index (χ4n) is 3.96. The quantitative estimate of drug-likeness (QED) is 0.425. The number of rotatable bonds is 6. The molecule has 0 N–H and O–H groups in total. The molecule has 0 unspecified atom stereocenters. The number of fused-ring (bicyclic) bond motifs is 2. The molecule has 0 saturated heterocycles. The van der Waals surface area contributed by atoms with Crippen LogP contribution in [0.25, 0.3) is 5.78 Å². The van der Waals surface area contributed by atoms with E-state index < -0.39 is 18.0 Å². The molecule has 1 aliphatic rings. The van der Waals surface area contributed by atoms with E-state index >= 15 is 0 Å². The van der Waals surface area contributed by atoms with Crippen molar-refractivity contribution in [2.75, 3.05) is 6.61 Å². The van der Waals surface area contributed by atoms with Crippen LogP contribution in [0.4, 0.5) is 13.2 Å². The molecular weight excluding hydrogens is 425 g/mol. The van der Waals surface area contributed by atoms with Gasteiger partial charge in [-0.15, -0.1) is 5.10 Å². The van der Waals surface area contributed by atoms with Gasteiger partial charge in [0.2, 0.25) is 0 Å². The molecule has 2 heterocycles. The van der Waals surface area contributed by atoms with Gasteiger partial charge in [-0.3, -0.25) is 9.59 Å². The van der Waals surface area contributed by atoms with Crippen molar-refractivity contribution in [3.05, 3.63) is 57.7 Å². The van der Waals surface area contributed by atoms with Crippen LogP contribution in [0.3, 0.4) is 0 Å². The van der Waals surface area contributed by atoms with Gasteiger partial charge in [0.25, 0.3) is 11.6 Å². The first-order valence-electron chi connectivity index (χ1n) is 10.2. The second-order valence-electron chi connectivity index (χ2n) is 7.83. The average Bonchev–Trinajstić information content (AvgIpc) is 3.37. The molecular formula is C22H21F3N4O3. The van der Waals surface area contributed by atoms with Crippen LogP contribution in [-0.2, 0) is 35.0 Å². The van der Waals surface area contributed by atoms with Crippen molar-refractivity contribution in [2.24, 2.45) is 0 Å². The molecule has 0 spiro atoms. The van der Waals surface area contributed by atoms with Crippen LogP contribution in [0.2, 0.25) is 0 Å². The molecule has 10 heteroatoms. The number of aromatic nitrogens is 4. The number of hydrogen-bond acceptors (Lipinski definition) is 6. The number of esters is 1. The van der Waals surface area contributed by atoms with Crippen LogP contribution in [0.5, 0.6) is 0 Å². The molecule has 0 fully saturated rings. The van der Waals surface area contributed by atoms with Crippen LogP contribution in [-0.4, -0.2) is 37.9 Å². The monoisotopic (exact) mass is 446 g/mol. The molecule has 168 valence electrons. The molecule has 0 radical (unpaired) electrons. The predicted octanol–water partition coefficient (Wildman–Crippen LogP) is 3.61. The topological polar surface area (TPSA) is 86.4 Å². The summed E-state index contributed by atoms with van der Waals surface area (Å²) in [6, 6.07) is 5.56. The number of carbonyl (C=O) groups excluding carboxylic acids is 2. The second-order valence-corrected chi connectivity index (χ2v) is 7.83. The van der Waals surface area contributed by atoms with E-state index in [4.69, 9.17) is 4.74 Å². The van der Waals surface area contributed by atoms with Gasteiger partial charge in [0, 0.05) is 23.4 Å². The van der Waals surface area contributed by atoms with Gasteiger partial charge in [-0.05, 0) is 62.3 Å². The number of nitrogens with zero attached hydrogens (tertiary/aromatic N) is 4. The van der Waals surface area contributed by atoms with Gasteiger partial charge in [-0.1, -0.05) is 12.1 Å². The number of ketones is 1. The summed E-state index contributed by atoms with van der Waals surface area (Å²) in [6.45, 7) is 2.87. The summed E-state index contributed by atoms with van der Waals surface area (Å²) >= 11 is 0. The van der Waals surface area contributed by atoms with E-state index in [1.165, 1.54) is 5.56 Å². The molecule has 7 nitrogen and oxygen atoms in total. The van der Waals surface area contributed by atoms with Gasteiger partial charge in [-0.2, -0.15) is 18.2 Å². The maximum absolute atomic E-state index is 12.9. The first-order valence-corrected chi connectivity index (χ1v) is 10.2. The van der Waals surface area contributed by atoms with Crippen LogP contribution < -0.4 is 0 Å². The molecule has 3 aromatic rings. The predicted molar refractivity (Wildman–Crippen MR) is 107 cm³/mol. The lowest BCUT2D eigenvalue weighted by Gasteiger charge is -2.10. The third-order valence-corrected chi connectivity index (χ3v) is 5.67. The van der Waals surface area contributed by atoms with Crippen molar-refractivity contribution >= 4 is 17.5 Å². The van der Waals surface area contributed by atoms with Crippen molar-refractivity contribution < 1.29 is 27.5 Å². The van der Waals surface area contributed by atoms with E-state index in [1.807, 2.05) is 12.1 Å². The number of halogens is 3. The van der Waals surface area contributed by atoms with Crippen LogP contribution >= 0.6 is 0 Å². The number of aryl methyl sites for hydroxylation is 4. The van der Waals surface area contributed by atoms with Gasteiger partial charge in [0.05, 0.1) is 0 Å². The van der Waals surface area contributed by atoms with Crippen molar-refractivity contribution in [2.45, 2.75) is 52.1 Å². The molecule has 0 bridgehead atoms. The Labute approximate surface area is 181 Å². The summed E-state index contributed by atoms with van der Waals surface area (Å²) in [5.74, 6) is -2.27. The lowest BCUT2D eigenvalue weighted by molar-refractivity contribution is -0.145. The summed E-state index contributed by atoms with van der Waals surface area (Å²) in [4.78, 5) is 32.0. The minimum absolute atomic E-state index is 0.0485. The SMILES string of the molecule is Cc1nc2nc(C(F)(F)F)nn2c(C)c1CCC(=O)OCC(=O)c1ccc2c(c1)CCC2. The zero-order chi connectivity index (χ0) is 23.0. The van der Waals surface area contributed by atoms with E-state index in [9.17, 15) is 22.8 Å². The van der Waals surface area contributed by atoms with Crippen molar-refractivity contribution in [1.29, 1.82) is 0 Å². The lowest BCUT2D eigenvalue weighted by Crippen LogP contribution is -2.15. The second kappa shape index (κ2) is 8.33. The number of alkyl halides is 3. The Bertz CT molecular complexity index is 1220. The minimum atomic E-state index is -4.68. The van der Waals surface area contributed by atoms with Gasteiger partial charge < -0.3 is 4.74 Å². The normalized spacial score (nSPS) is 13.4. The molecule has 0 amide bonds. The molecule has 0 atom stereocenters. The minimum Gasteiger partial charge on any atom is -0.457 e. The fourth-order valence-corrected chi connectivity index (χ4v) is 3.96. The highest BCUT2D eigenvalue weighted by molar-refractivity contribution is 5.98. The molecule has 1 aromatic carbocycles. The van der Waals surface area contributed by atoms with E-state index in [0.29, 0.717) is 22.5 Å². The number of hydrogen-bond donors (Lipinski definition) is 0. The Kier molecular flexibility index (Phi) is 5.70. The van der Waals surface area contributed by atoms with E-state index in [0.717, 1.165) is 29.3 Å². The highest BCUT2D eigenvalue weighted by atomic mass is 19.4. The maximum Gasteiger partial charge on any atom is 0.453 e. The smallest absolute Gasteiger partial charge is 0.453 e. The summed E-state index contributed by atoms with van der Waals surface area (Å²) in [5, 5.41) is 3.49. The molecule has 1 aliphatic carbocycles. The molecule has 0 aliphatic heterocycles. The Balaban J connectivity index is 1.39. The Morgan fingerprint density at radius 1 is 1.12 bits per heavy atom. The average molecular weight is 446 g/mol. The Morgan fingerprint density at radius 3 is 2.62 bits per heavy atom. The number of carbonyl (C=O) groups is 2. The van der Waals surface area contributed by atoms with Gasteiger partial charge in [-0.25, -0.2) is 9.50 Å². The largest absolute Gasteiger partial charge is 0.457 e. The molecule has 2 aromatic heterocycles. The first kappa shape index (κ1) is 21.9. The summed E-state index contributed by atoms with van der Waals surface area (Å²) in [5.41, 5.74) is 4.39. The zero-order valence-electron chi connectivity index (χ0n) is 17.6. The molecule has 0 saturated carbocycles. The third kappa shape index (κ3) is 4.35. The van der Waals surface area contributed by atoms with Gasteiger partial charge >= 0.3 is 12.1 Å². The van der Waals surface area contributed by atoms with Crippen LogP contribution in [0, 0.1) is 13.8 Å². The molecule has 4 rings (SSSR count).